The van der Waals surface area contributed by atoms with Crippen molar-refractivity contribution in [2.45, 2.75) is 49.7 Å². The van der Waals surface area contributed by atoms with Gasteiger partial charge in [-0.1, -0.05) is 52.3 Å². The van der Waals surface area contributed by atoms with E-state index in [2.05, 4.69) is 5.32 Å². The van der Waals surface area contributed by atoms with Crippen molar-refractivity contribution in [2.75, 3.05) is 32.1 Å². The minimum atomic E-state index is -3.39. The predicted octanol–water partition coefficient (Wildman–Crippen LogP) is 3.18. The van der Waals surface area contributed by atoms with Crippen LogP contribution in [0.1, 0.15) is 43.2 Å². The molecule has 0 radical (unpaired) electrons. The molecule has 0 spiro atoms. The van der Waals surface area contributed by atoms with E-state index in [9.17, 15) is 13.2 Å². The van der Waals surface area contributed by atoms with Gasteiger partial charge >= 0.3 is 0 Å². The van der Waals surface area contributed by atoms with Crippen molar-refractivity contribution in [1.29, 1.82) is 0 Å². The van der Waals surface area contributed by atoms with Crippen LogP contribution in [0.4, 0.5) is 0 Å². The molecule has 29 heavy (non-hydrogen) atoms. The highest BCUT2D eigenvalue weighted by Gasteiger charge is 2.25. The summed E-state index contributed by atoms with van der Waals surface area (Å²) in [5, 5.41) is 3.71. The number of nitrogens with one attached hydrogen (secondary N) is 1. The monoisotopic (exact) mass is 458 g/mol. The van der Waals surface area contributed by atoms with Crippen LogP contribution >= 0.6 is 21.6 Å². The smallest absolute Gasteiger partial charge is 0.220 e. The average Bonchev–Trinajstić information content (AvgIpc) is 3.24. The van der Waals surface area contributed by atoms with Gasteiger partial charge in [0.1, 0.15) is 0 Å². The predicted molar refractivity (Wildman–Crippen MR) is 120 cm³/mol. The van der Waals surface area contributed by atoms with Gasteiger partial charge in [-0.05, 0) is 30.4 Å². The number of ether oxygens (including phenoxy) is 1. The maximum atomic E-state index is 12.7. The minimum Gasteiger partial charge on any atom is -0.379 e. The SMILES string of the molecule is O=C(CCCCC1CCSS1)NCc1ccccc1CS(=O)(=O)N1CCOCC1. The van der Waals surface area contributed by atoms with Crippen molar-refractivity contribution >= 4 is 37.5 Å². The van der Waals surface area contributed by atoms with Gasteiger partial charge in [0.25, 0.3) is 0 Å². The number of carbonyl (C=O) groups excluding carboxylic acids is 1. The second-order valence-corrected chi connectivity index (χ2v) is 12.1. The van der Waals surface area contributed by atoms with E-state index >= 15 is 0 Å². The second kappa shape index (κ2) is 11.6. The van der Waals surface area contributed by atoms with Crippen LogP contribution in [0.25, 0.3) is 0 Å². The summed E-state index contributed by atoms with van der Waals surface area (Å²) in [6, 6.07) is 7.44. The first-order valence-electron chi connectivity index (χ1n) is 10.2. The van der Waals surface area contributed by atoms with Crippen molar-refractivity contribution in [3.63, 3.8) is 0 Å². The molecule has 1 aromatic rings. The Bertz CT molecular complexity index is 761. The highest BCUT2D eigenvalue weighted by molar-refractivity contribution is 8.77. The topological polar surface area (TPSA) is 75.7 Å². The molecule has 1 amide bonds. The van der Waals surface area contributed by atoms with Crippen LogP contribution in [0.15, 0.2) is 24.3 Å². The van der Waals surface area contributed by atoms with Gasteiger partial charge < -0.3 is 10.1 Å². The Morgan fingerprint density at radius 3 is 2.66 bits per heavy atom. The molecule has 2 fully saturated rings. The molecule has 2 aliphatic heterocycles. The standard InChI is InChI=1S/C20H30N2O4S3/c23-20(8-4-3-7-19-9-14-27-28-19)21-15-17-5-1-2-6-18(17)16-29(24,25)22-10-12-26-13-11-22/h1-2,5-6,19H,3-4,7-16H2,(H,21,23). The number of hydrogen-bond acceptors (Lipinski definition) is 6. The number of benzene rings is 1. The number of unbranched alkanes of at least 4 members (excludes halogenated alkanes) is 1. The van der Waals surface area contributed by atoms with Gasteiger partial charge in [-0.3, -0.25) is 4.79 Å². The fraction of sp³-hybridized carbons (Fsp3) is 0.650. The number of hydrogen-bond donors (Lipinski definition) is 1. The largest absolute Gasteiger partial charge is 0.379 e. The molecule has 0 aliphatic carbocycles. The molecule has 2 heterocycles. The lowest BCUT2D eigenvalue weighted by atomic mass is 10.1. The van der Waals surface area contributed by atoms with Gasteiger partial charge in [0, 0.05) is 37.1 Å². The van der Waals surface area contributed by atoms with E-state index in [0.717, 1.165) is 29.2 Å². The van der Waals surface area contributed by atoms with Gasteiger partial charge in [0.05, 0.1) is 19.0 Å². The van der Waals surface area contributed by atoms with E-state index in [4.69, 9.17) is 4.74 Å². The van der Waals surface area contributed by atoms with Crippen LogP contribution in [-0.4, -0.2) is 55.9 Å². The van der Waals surface area contributed by atoms with E-state index in [1.807, 2.05) is 45.9 Å². The molecule has 3 rings (SSSR count). The number of rotatable bonds is 10. The van der Waals surface area contributed by atoms with E-state index < -0.39 is 10.0 Å². The number of morpholine rings is 1. The van der Waals surface area contributed by atoms with Crippen LogP contribution < -0.4 is 5.32 Å². The molecular formula is C20H30N2O4S3. The minimum absolute atomic E-state index is 0.0317. The first-order chi connectivity index (χ1) is 14.0. The van der Waals surface area contributed by atoms with E-state index in [1.165, 1.54) is 22.9 Å². The summed E-state index contributed by atoms with van der Waals surface area (Å²) < 4.78 is 32.2. The molecule has 1 N–H and O–H groups in total. The van der Waals surface area contributed by atoms with Crippen LogP contribution in [-0.2, 0) is 31.9 Å². The van der Waals surface area contributed by atoms with Crippen molar-refractivity contribution < 1.29 is 17.9 Å². The first kappa shape index (κ1) is 22.9. The molecular weight excluding hydrogens is 428 g/mol. The van der Waals surface area contributed by atoms with Gasteiger partial charge in [0.15, 0.2) is 0 Å². The van der Waals surface area contributed by atoms with Gasteiger partial charge in [-0.15, -0.1) is 0 Å². The quantitative estimate of drug-likeness (QED) is 0.429. The van der Waals surface area contributed by atoms with Crippen LogP contribution in [0.2, 0.25) is 0 Å². The molecule has 1 aromatic carbocycles. The Labute approximate surface area is 182 Å². The number of sulfonamides is 1. The van der Waals surface area contributed by atoms with Gasteiger partial charge in [-0.2, -0.15) is 4.31 Å². The summed E-state index contributed by atoms with van der Waals surface area (Å²) in [6.07, 6.45) is 4.98. The summed E-state index contributed by atoms with van der Waals surface area (Å²) in [5.41, 5.74) is 1.60. The van der Waals surface area contributed by atoms with Crippen molar-refractivity contribution in [3.8, 4) is 0 Å². The molecule has 0 bridgehead atoms. The van der Waals surface area contributed by atoms with Crippen LogP contribution in [0.3, 0.4) is 0 Å². The van der Waals surface area contributed by atoms with Crippen molar-refractivity contribution in [1.82, 2.24) is 9.62 Å². The third-order valence-electron chi connectivity index (χ3n) is 5.20. The van der Waals surface area contributed by atoms with Gasteiger partial charge in [-0.25, -0.2) is 8.42 Å². The maximum Gasteiger partial charge on any atom is 0.220 e. The first-order valence-corrected chi connectivity index (χ1v) is 14.2. The third kappa shape index (κ3) is 7.47. The Morgan fingerprint density at radius 1 is 1.17 bits per heavy atom. The number of amides is 1. The van der Waals surface area contributed by atoms with Crippen LogP contribution in [0, 0.1) is 0 Å². The summed E-state index contributed by atoms with van der Waals surface area (Å²) in [7, 11) is 0.547. The Morgan fingerprint density at radius 2 is 1.93 bits per heavy atom. The van der Waals surface area contributed by atoms with E-state index in [1.54, 1.807) is 0 Å². The summed E-state index contributed by atoms with van der Waals surface area (Å²) in [6.45, 7) is 2.05. The lowest BCUT2D eigenvalue weighted by Crippen LogP contribution is -2.41. The number of carbonyl (C=O) groups is 1. The zero-order valence-corrected chi connectivity index (χ0v) is 19.1. The molecule has 2 saturated heterocycles. The molecule has 1 atom stereocenters. The average molecular weight is 459 g/mol. The lowest BCUT2D eigenvalue weighted by Gasteiger charge is -2.26. The Kier molecular flexibility index (Phi) is 9.17. The third-order valence-corrected chi connectivity index (χ3v) is 10.0. The highest BCUT2D eigenvalue weighted by atomic mass is 33.1. The molecule has 2 aliphatic rings. The summed E-state index contributed by atoms with van der Waals surface area (Å²) in [5.74, 6) is 1.23. The van der Waals surface area contributed by atoms with E-state index in [-0.39, 0.29) is 11.7 Å². The maximum absolute atomic E-state index is 12.7. The highest BCUT2D eigenvalue weighted by Crippen LogP contribution is 2.39. The molecule has 1 unspecified atom stereocenters. The van der Waals surface area contributed by atoms with Crippen LogP contribution in [0.5, 0.6) is 0 Å². The zero-order chi connectivity index (χ0) is 20.5. The molecule has 162 valence electrons. The Balaban J connectivity index is 1.45. The van der Waals surface area contributed by atoms with Gasteiger partial charge in [0.2, 0.25) is 15.9 Å². The fourth-order valence-corrected chi connectivity index (χ4v) is 8.08. The fourth-order valence-electron chi connectivity index (χ4n) is 3.49. The van der Waals surface area contributed by atoms with Crippen molar-refractivity contribution in [3.05, 3.63) is 35.4 Å². The molecule has 0 aromatic heterocycles. The lowest BCUT2D eigenvalue weighted by molar-refractivity contribution is -0.121. The van der Waals surface area contributed by atoms with Crippen molar-refractivity contribution in [2.24, 2.45) is 0 Å². The Hall–Kier alpha value is -0.740. The molecule has 6 nitrogen and oxygen atoms in total. The second-order valence-electron chi connectivity index (χ2n) is 7.39. The van der Waals surface area contributed by atoms with E-state index in [0.29, 0.717) is 39.3 Å². The normalized spacial score (nSPS) is 20.6. The summed E-state index contributed by atoms with van der Waals surface area (Å²) >= 11 is 0. The molecule has 9 heteroatoms. The summed E-state index contributed by atoms with van der Waals surface area (Å²) in [4.78, 5) is 12.2. The number of nitrogens with zero attached hydrogens (tertiary/aromatic N) is 1. The molecule has 0 saturated carbocycles. The zero-order valence-electron chi connectivity index (χ0n) is 16.7.